The Hall–Kier alpha value is -1.29. The lowest BCUT2D eigenvalue weighted by molar-refractivity contribution is 0.407. The van der Waals surface area contributed by atoms with Crippen LogP contribution in [0.25, 0.3) is 0 Å². The molecule has 0 bridgehead atoms. The summed E-state index contributed by atoms with van der Waals surface area (Å²) in [6.07, 6.45) is 3.16. The van der Waals surface area contributed by atoms with Gasteiger partial charge in [0.05, 0.1) is 23.5 Å². The molecule has 0 aliphatic carbocycles. The molecule has 2 aromatic heterocycles. The highest BCUT2D eigenvalue weighted by molar-refractivity contribution is 6.31. The average molecular weight is 198 g/mol. The first-order valence-corrected chi connectivity index (χ1v) is 4.22. The number of aromatic nitrogens is 3. The molecule has 68 valence electrons. The van der Waals surface area contributed by atoms with Crippen LogP contribution in [0.1, 0.15) is 11.4 Å². The monoisotopic (exact) mass is 197 g/mol. The van der Waals surface area contributed by atoms with Crippen molar-refractivity contribution in [3.05, 3.63) is 34.9 Å². The van der Waals surface area contributed by atoms with E-state index in [4.69, 9.17) is 16.1 Å². The molecule has 2 rings (SSSR count). The van der Waals surface area contributed by atoms with E-state index in [2.05, 4.69) is 10.3 Å². The van der Waals surface area contributed by atoms with Crippen LogP contribution in [-0.2, 0) is 6.54 Å². The van der Waals surface area contributed by atoms with Crippen LogP contribution >= 0.6 is 11.6 Å². The summed E-state index contributed by atoms with van der Waals surface area (Å²) in [6, 6.07) is 1.80. The van der Waals surface area contributed by atoms with Crippen LogP contribution in [0.4, 0.5) is 0 Å². The molecule has 2 aromatic rings. The first-order valence-electron chi connectivity index (χ1n) is 3.84. The van der Waals surface area contributed by atoms with Crippen molar-refractivity contribution >= 4 is 11.6 Å². The molecule has 2 heterocycles. The van der Waals surface area contributed by atoms with Gasteiger partial charge in [-0.25, -0.2) is 0 Å². The molecular weight excluding hydrogens is 190 g/mol. The zero-order valence-electron chi connectivity index (χ0n) is 7.07. The van der Waals surface area contributed by atoms with Gasteiger partial charge in [-0.1, -0.05) is 16.8 Å². The van der Waals surface area contributed by atoms with Gasteiger partial charge in [0.1, 0.15) is 12.0 Å². The van der Waals surface area contributed by atoms with Crippen LogP contribution in [0, 0.1) is 6.92 Å². The van der Waals surface area contributed by atoms with Crippen LogP contribution in [0.15, 0.2) is 23.0 Å². The van der Waals surface area contributed by atoms with Gasteiger partial charge in [0.25, 0.3) is 0 Å². The van der Waals surface area contributed by atoms with Crippen molar-refractivity contribution in [3.8, 4) is 0 Å². The number of hydrogen-bond acceptors (Lipinski definition) is 3. The Labute approximate surface area is 80.1 Å². The quantitative estimate of drug-likeness (QED) is 0.739. The molecular formula is C8H8ClN3O. The van der Waals surface area contributed by atoms with Crippen LogP contribution < -0.4 is 0 Å². The lowest BCUT2D eigenvalue weighted by Gasteiger charge is -1.99. The van der Waals surface area contributed by atoms with E-state index >= 15 is 0 Å². The van der Waals surface area contributed by atoms with Crippen molar-refractivity contribution in [2.45, 2.75) is 13.5 Å². The van der Waals surface area contributed by atoms with Crippen molar-refractivity contribution in [1.82, 2.24) is 14.9 Å². The number of hydrogen-bond donors (Lipinski definition) is 0. The van der Waals surface area contributed by atoms with Crippen LogP contribution in [0.2, 0.25) is 5.02 Å². The van der Waals surface area contributed by atoms with Crippen molar-refractivity contribution < 1.29 is 4.52 Å². The highest BCUT2D eigenvalue weighted by Crippen LogP contribution is 2.14. The van der Waals surface area contributed by atoms with E-state index in [0.717, 1.165) is 11.4 Å². The minimum atomic E-state index is 0.592. The fourth-order valence-electron chi connectivity index (χ4n) is 1.06. The Morgan fingerprint density at radius 2 is 2.46 bits per heavy atom. The Bertz CT molecular complexity index is 393. The predicted octanol–water partition coefficient (Wildman–Crippen LogP) is 1.88. The third-order valence-corrected chi connectivity index (χ3v) is 2.22. The van der Waals surface area contributed by atoms with E-state index in [0.29, 0.717) is 11.6 Å². The lowest BCUT2D eigenvalue weighted by Crippen LogP contribution is -2.03. The van der Waals surface area contributed by atoms with E-state index in [1.54, 1.807) is 16.9 Å². The molecule has 13 heavy (non-hydrogen) atoms. The molecule has 0 saturated heterocycles. The van der Waals surface area contributed by atoms with Gasteiger partial charge in [0.15, 0.2) is 0 Å². The van der Waals surface area contributed by atoms with Crippen molar-refractivity contribution in [2.24, 2.45) is 0 Å². The smallest absolute Gasteiger partial charge is 0.124 e. The molecule has 0 radical (unpaired) electrons. The van der Waals surface area contributed by atoms with Crippen molar-refractivity contribution in [2.75, 3.05) is 0 Å². The first kappa shape index (κ1) is 8.31. The summed E-state index contributed by atoms with van der Waals surface area (Å²) in [6.45, 7) is 2.50. The molecule has 5 heteroatoms. The largest absolute Gasteiger partial charge is 0.364 e. The molecule has 0 aliphatic heterocycles. The fourth-order valence-corrected chi connectivity index (χ4v) is 1.20. The van der Waals surface area contributed by atoms with E-state index in [1.165, 1.54) is 6.26 Å². The Kier molecular flexibility index (Phi) is 2.06. The molecule has 0 amide bonds. The summed E-state index contributed by atoms with van der Waals surface area (Å²) < 4.78 is 6.49. The third kappa shape index (κ3) is 1.58. The maximum absolute atomic E-state index is 5.84. The van der Waals surface area contributed by atoms with Gasteiger partial charge in [0, 0.05) is 6.07 Å². The normalized spacial score (nSPS) is 10.6. The lowest BCUT2D eigenvalue weighted by atomic mass is 10.4. The molecule has 0 spiro atoms. The molecule has 0 aromatic carbocycles. The summed E-state index contributed by atoms with van der Waals surface area (Å²) in [5.74, 6) is 0. The first-order chi connectivity index (χ1) is 6.27. The second kappa shape index (κ2) is 3.22. The predicted molar refractivity (Wildman–Crippen MR) is 47.6 cm³/mol. The Morgan fingerprint density at radius 3 is 3.00 bits per heavy atom. The zero-order valence-corrected chi connectivity index (χ0v) is 7.82. The van der Waals surface area contributed by atoms with Crippen LogP contribution in [0.5, 0.6) is 0 Å². The zero-order chi connectivity index (χ0) is 9.26. The van der Waals surface area contributed by atoms with Crippen molar-refractivity contribution in [3.63, 3.8) is 0 Å². The van der Waals surface area contributed by atoms with E-state index in [1.807, 2.05) is 6.92 Å². The molecule has 0 fully saturated rings. The second-order valence-corrected chi connectivity index (χ2v) is 3.13. The maximum Gasteiger partial charge on any atom is 0.124 e. The van der Waals surface area contributed by atoms with Gasteiger partial charge in [-0.15, -0.1) is 0 Å². The summed E-state index contributed by atoms with van der Waals surface area (Å²) >= 11 is 5.84. The summed E-state index contributed by atoms with van der Waals surface area (Å²) in [5.41, 5.74) is 1.77. The molecule has 0 aliphatic rings. The van der Waals surface area contributed by atoms with Gasteiger partial charge in [-0.3, -0.25) is 4.68 Å². The van der Waals surface area contributed by atoms with Gasteiger partial charge in [0.2, 0.25) is 0 Å². The summed E-state index contributed by atoms with van der Waals surface area (Å²) in [7, 11) is 0. The number of rotatable bonds is 2. The average Bonchev–Trinajstić information content (AvgIpc) is 2.71. The van der Waals surface area contributed by atoms with Gasteiger partial charge in [-0.2, -0.15) is 5.10 Å². The SMILES string of the molecule is Cc1c(Cl)cnn1Cc1ccon1. The third-order valence-electron chi connectivity index (χ3n) is 1.85. The Morgan fingerprint density at radius 1 is 1.62 bits per heavy atom. The van der Waals surface area contributed by atoms with Gasteiger partial charge >= 0.3 is 0 Å². The van der Waals surface area contributed by atoms with E-state index in [9.17, 15) is 0 Å². The minimum Gasteiger partial charge on any atom is -0.364 e. The van der Waals surface area contributed by atoms with Gasteiger partial charge < -0.3 is 4.52 Å². The van der Waals surface area contributed by atoms with E-state index in [-0.39, 0.29) is 0 Å². The van der Waals surface area contributed by atoms with E-state index < -0.39 is 0 Å². The topological polar surface area (TPSA) is 43.9 Å². The van der Waals surface area contributed by atoms with Gasteiger partial charge in [-0.05, 0) is 6.92 Å². The summed E-state index contributed by atoms with van der Waals surface area (Å²) in [5, 5.41) is 8.55. The Balaban J connectivity index is 2.24. The molecule has 0 N–H and O–H groups in total. The molecule has 0 atom stereocenters. The number of nitrogens with zero attached hydrogens (tertiary/aromatic N) is 3. The maximum atomic E-state index is 5.84. The minimum absolute atomic E-state index is 0.592. The fraction of sp³-hybridized carbons (Fsp3) is 0.250. The highest BCUT2D eigenvalue weighted by Gasteiger charge is 2.05. The molecule has 0 unspecified atom stereocenters. The number of halogens is 1. The van der Waals surface area contributed by atoms with Crippen LogP contribution in [0.3, 0.4) is 0 Å². The second-order valence-electron chi connectivity index (χ2n) is 2.73. The van der Waals surface area contributed by atoms with Crippen LogP contribution in [-0.4, -0.2) is 14.9 Å². The molecule has 4 nitrogen and oxygen atoms in total. The summed E-state index contributed by atoms with van der Waals surface area (Å²) in [4.78, 5) is 0. The van der Waals surface area contributed by atoms with Crippen molar-refractivity contribution in [1.29, 1.82) is 0 Å². The standard InChI is InChI=1S/C8H8ClN3O/c1-6-8(9)4-10-12(6)5-7-2-3-13-11-7/h2-4H,5H2,1H3. The highest BCUT2D eigenvalue weighted by atomic mass is 35.5. The molecule has 0 saturated carbocycles.